The minimum absolute atomic E-state index is 0.0914. The SMILES string of the molecule is COc1ccc(Nc2nc(C3CCCCCC3)nc(N(N)C3CCN(C(=O)O)CC3)n2)cc1F. The fourth-order valence-electron chi connectivity index (χ4n) is 4.64. The average Bonchev–Trinajstić information content (AvgIpc) is 3.13. The van der Waals surface area contributed by atoms with Crippen LogP contribution in [0.15, 0.2) is 18.2 Å². The number of hydrazine groups is 1. The Bertz CT molecular complexity index is 993. The summed E-state index contributed by atoms with van der Waals surface area (Å²) >= 11 is 0. The molecule has 1 saturated carbocycles. The number of anilines is 3. The van der Waals surface area contributed by atoms with Gasteiger partial charge in [0.05, 0.1) is 13.2 Å². The third kappa shape index (κ3) is 5.64. The van der Waals surface area contributed by atoms with E-state index in [0.717, 1.165) is 25.7 Å². The zero-order valence-electron chi connectivity index (χ0n) is 19.4. The summed E-state index contributed by atoms with van der Waals surface area (Å²) in [6.07, 6.45) is 6.90. The number of carboxylic acid groups (broad SMARTS) is 1. The molecule has 1 aromatic heterocycles. The van der Waals surface area contributed by atoms with Crippen molar-refractivity contribution in [1.29, 1.82) is 0 Å². The molecular formula is C23H32FN7O3. The number of likely N-dealkylation sites (tertiary alicyclic amines) is 1. The molecule has 1 saturated heterocycles. The molecule has 1 aliphatic heterocycles. The minimum Gasteiger partial charge on any atom is -0.494 e. The van der Waals surface area contributed by atoms with Gasteiger partial charge in [0.2, 0.25) is 11.9 Å². The number of nitrogens with one attached hydrogen (secondary N) is 1. The molecule has 0 radical (unpaired) electrons. The lowest BCUT2D eigenvalue weighted by atomic mass is 10.00. The highest BCUT2D eigenvalue weighted by Crippen LogP contribution is 2.32. The number of amides is 1. The molecule has 1 aliphatic carbocycles. The van der Waals surface area contributed by atoms with Crippen LogP contribution in [0.3, 0.4) is 0 Å². The molecule has 0 unspecified atom stereocenters. The van der Waals surface area contributed by atoms with Crippen LogP contribution in [0, 0.1) is 5.82 Å². The number of methoxy groups -OCH3 is 1. The van der Waals surface area contributed by atoms with Crippen LogP contribution in [0.2, 0.25) is 0 Å². The Balaban J connectivity index is 1.60. The van der Waals surface area contributed by atoms with Crippen LogP contribution in [0.25, 0.3) is 0 Å². The molecule has 0 spiro atoms. The predicted molar refractivity (Wildman–Crippen MR) is 126 cm³/mol. The fraction of sp³-hybridized carbons (Fsp3) is 0.565. The average molecular weight is 474 g/mol. The smallest absolute Gasteiger partial charge is 0.407 e. The van der Waals surface area contributed by atoms with Gasteiger partial charge in [0.15, 0.2) is 11.6 Å². The summed E-state index contributed by atoms with van der Waals surface area (Å²) < 4.78 is 19.2. The van der Waals surface area contributed by atoms with Gasteiger partial charge in [-0.1, -0.05) is 25.7 Å². The molecule has 1 amide bonds. The van der Waals surface area contributed by atoms with E-state index in [9.17, 15) is 14.3 Å². The number of piperidine rings is 1. The topological polar surface area (TPSA) is 130 Å². The number of carbonyl (C=O) groups is 1. The number of hydrogen-bond donors (Lipinski definition) is 3. The van der Waals surface area contributed by atoms with Crippen LogP contribution >= 0.6 is 0 Å². The molecule has 10 nitrogen and oxygen atoms in total. The number of hydrogen-bond acceptors (Lipinski definition) is 8. The molecule has 34 heavy (non-hydrogen) atoms. The Morgan fingerprint density at radius 2 is 1.85 bits per heavy atom. The number of benzene rings is 1. The molecule has 4 rings (SSSR count). The Kier molecular flexibility index (Phi) is 7.61. The standard InChI is InChI=1S/C23H32FN7O3/c1-34-19-9-8-16(14-18(19)24)26-21-27-20(15-6-4-2-3-5-7-15)28-22(29-21)31(25)17-10-12-30(13-11-17)23(32)33/h8-9,14-15,17H,2-7,10-13,25H2,1H3,(H,32,33)(H,26,27,28,29). The molecule has 2 aromatic rings. The van der Waals surface area contributed by atoms with Crippen molar-refractivity contribution in [1.82, 2.24) is 19.9 Å². The van der Waals surface area contributed by atoms with E-state index in [1.54, 1.807) is 6.07 Å². The molecule has 11 heteroatoms. The molecule has 4 N–H and O–H groups in total. The first kappa shape index (κ1) is 23.9. The van der Waals surface area contributed by atoms with Gasteiger partial charge in [-0.05, 0) is 37.8 Å². The maximum Gasteiger partial charge on any atom is 0.407 e. The second kappa shape index (κ2) is 10.8. The number of rotatable bonds is 6. The highest BCUT2D eigenvalue weighted by atomic mass is 19.1. The van der Waals surface area contributed by atoms with Crippen molar-refractivity contribution in [3.63, 3.8) is 0 Å². The molecule has 184 valence electrons. The summed E-state index contributed by atoms with van der Waals surface area (Å²) in [5.41, 5.74) is 0.487. The molecule has 0 bridgehead atoms. The number of halogens is 1. The zero-order chi connectivity index (χ0) is 24.1. The number of nitrogens with zero attached hydrogens (tertiary/aromatic N) is 5. The highest BCUT2D eigenvalue weighted by Gasteiger charge is 2.28. The lowest BCUT2D eigenvalue weighted by Gasteiger charge is -2.35. The molecule has 2 aliphatic rings. The van der Waals surface area contributed by atoms with Crippen LogP contribution < -0.4 is 20.9 Å². The van der Waals surface area contributed by atoms with Crippen molar-refractivity contribution in [2.75, 3.05) is 30.5 Å². The fourth-order valence-corrected chi connectivity index (χ4v) is 4.64. The lowest BCUT2D eigenvalue weighted by molar-refractivity contribution is 0.131. The van der Waals surface area contributed by atoms with Crippen LogP contribution in [-0.2, 0) is 0 Å². The third-order valence-electron chi connectivity index (χ3n) is 6.63. The quantitative estimate of drug-likeness (QED) is 0.323. The minimum atomic E-state index is -0.920. The van der Waals surface area contributed by atoms with Crippen molar-refractivity contribution < 1.29 is 19.0 Å². The largest absolute Gasteiger partial charge is 0.494 e. The molecule has 2 fully saturated rings. The van der Waals surface area contributed by atoms with Crippen molar-refractivity contribution in [2.24, 2.45) is 5.84 Å². The monoisotopic (exact) mass is 473 g/mol. The summed E-state index contributed by atoms with van der Waals surface area (Å²) in [5.74, 6) is 7.64. The van der Waals surface area contributed by atoms with Gasteiger partial charge in [-0.3, -0.25) is 5.01 Å². The van der Waals surface area contributed by atoms with Gasteiger partial charge in [0.25, 0.3) is 0 Å². The van der Waals surface area contributed by atoms with E-state index < -0.39 is 11.9 Å². The summed E-state index contributed by atoms with van der Waals surface area (Å²) in [5, 5.41) is 13.8. The van der Waals surface area contributed by atoms with Gasteiger partial charge in [0, 0.05) is 30.8 Å². The summed E-state index contributed by atoms with van der Waals surface area (Å²) in [4.78, 5) is 26.6. The van der Waals surface area contributed by atoms with Gasteiger partial charge in [0.1, 0.15) is 5.82 Å². The normalized spacial score (nSPS) is 17.8. The van der Waals surface area contributed by atoms with E-state index in [2.05, 4.69) is 15.3 Å². The first-order valence-corrected chi connectivity index (χ1v) is 11.8. The summed E-state index contributed by atoms with van der Waals surface area (Å²) in [6, 6.07) is 4.47. The molecule has 0 atom stereocenters. The third-order valence-corrected chi connectivity index (χ3v) is 6.63. The maximum atomic E-state index is 14.2. The molecule has 2 heterocycles. The number of nitrogens with two attached hydrogens (primary N) is 1. The summed E-state index contributed by atoms with van der Waals surface area (Å²) in [6.45, 7) is 0.814. The van der Waals surface area contributed by atoms with E-state index in [1.807, 2.05) is 0 Å². The molecular weight excluding hydrogens is 441 g/mol. The molecule has 1 aromatic carbocycles. The first-order chi connectivity index (χ1) is 16.4. The lowest BCUT2D eigenvalue weighted by Crippen LogP contribution is -2.50. The first-order valence-electron chi connectivity index (χ1n) is 11.8. The van der Waals surface area contributed by atoms with Gasteiger partial charge in [-0.2, -0.15) is 15.0 Å². The van der Waals surface area contributed by atoms with Gasteiger partial charge in [-0.25, -0.2) is 15.0 Å². The van der Waals surface area contributed by atoms with E-state index in [-0.39, 0.29) is 17.7 Å². The van der Waals surface area contributed by atoms with Gasteiger partial charge >= 0.3 is 6.09 Å². The van der Waals surface area contributed by atoms with Crippen molar-refractivity contribution >= 4 is 23.7 Å². The van der Waals surface area contributed by atoms with Gasteiger partial charge < -0.3 is 20.1 Å². The van der Waals surface area contributed by atoms with Gasteiger partial charge in [-0.15, -0.1) is 0 Å². The van der Waals surface area contributed by atoms with Crippen LogP contribution in [0.5, 0.6) is 5.75 Å². The maximum absolute atomic E-state index is 14.2. The number of ether oxygens (including phenoxy) is 1. The predicted octanol–water partition coefficient (Wildman–Crippen LogP) is 4.02. The Labute approximate surface area is 198 Å². The van der Waals surface area contributed by atoms with E-state index in [4.69, 9.17) is 15.6 Å². The van der Waals surface area contributed by atoms with E-state index >= 15 is 0 Å². The zero-order valence-corrected chi connectivity index (χ0v) is 19.4. The van der Waals surface area contributed by atoms with Crippen LogP contribution in [-0.4, -0.2) is 57.3 Å². The summed E-state index contributed by atoms with van der Waals surface area (Å²) in [7, 11) is 1.42. The van der Waals surface area contributed by atoms with Crippen LogP contribution in [0.1, 0.15) is 63.1 Å². The van der Waals surface area contributed by atoms with E-state index in [0.29, 0.717) is 49.3 Å². The Morgan fingerprint density at radius 3 is 2.47 bits per heavy atom. The van der Waals surface area contributed by atoms with E-state index in [1.165, 1.54) is 42.0 Å². The second-order valence-electron chi connectivity index (χ2n) is 8.89. The Morgan fingerprint density at radius 1 is 1.15 bits per heavy atom. The van der Waals surface area contributed by atoms with Crippen LogP contribution in [0.4, 0.5) is 26.8 Å². The van der Waals surface area contributed by atoms with Crippen molar-refractivity contribution in [3.8, 4) is 5.75 Å². The number of aromatic nitrogens is 3. The Hall–Kier alpha value is -3.21. The van der Waals surface area contributed by atoms with Crippen molar-refractivity contribution in [2.45, 2.75) is 63.3 Å². The highest BCUT2D eigenvalue weighted by molar-refractivity contribution is 5.65. The van der Waals surface area contributed by atoms with Crippen molar-refractivity contribution in [3.05, 3.63) is 29.8 Å². The second-order valence-corrected chi connectivity index (χ2v) is 8.89.